The van der Waals surface area contributed by atoms with Crippen molar-refractivity contribution in [2.24, 2.45) is 11.8 Å². The minimum atomic E-state index is -3.20. The van der Waals surface area contributed by atoms with Crippen molar-refractivity contribution in [1.29, 1.82) is 0 Å². The van der Waals surface area contributed by atoms with E-state index in [1.54, 1.807) is 41.5 Å². The van der Waals surface area contributed by atoms with E-state index in [0.29, 0.717) is 12.8 Å². The molecule has 7 aliphatic heterocycles. The number of aliphatic hydroxyl groups excluding tert-OH is 7. The van der Waals surface area contributed by atoms with E-state index in [-0.39, 0.29) is 68.7 Å². The van der Waals surface area contributed by atoms with Gasteiger partial charge in [0.15, 0.2) is 72.0 Å². The number of carbonyl (C=O) groups is 5. The maximum atomic E-state index is 16.4. The molecule has 2 saturated carbocycles. The average Bonchev–Trinajstić information content (AvgIpc) is 1.49. The number of Topliss-reactive ketones (excluding diaryl/α,β-unsaturated/α-hetero) is 5. The van der Waals surface area contributed by atoms with Gasteiger partial charge in [0.05, 0.1) is 151 Å². The first-order chi connectivity index (χ1) is 56.3. The maximum absolute atomic E-state index is 16.4. The molecule has 119 heavy (non-hydrogen) atoms. The molecule has 33 atom stereocenters. The summed E-state index contributed by atoms with van der Waals surface area (Å²) >= 11 is 0. The number of carbonyl (C=O) groups excluding carboxylic acids is 5. The summed E-state index contributed by atoms with van der Waals surface area (Å²) in [6.45, 7) is 14.1. The Morgan fingerprint density at radius 2 is 1.01 bits per heavy atom. The van der Waals surface area contributed by atoms with E-state index in [1.165, 1.54) is 26.8 Å². The summed E-state index contributed by atoms with van der Waals surface area (Å²) in [4.78, 5) is 77.0. The summed E-state index contributed by atoms with van der Waals surface area (Å²) in [6.07, 6.45) is -33.8. The smallest absolute Gasteiger partial charge is 0.232 e. The van der Waals surface area contributed by atoms with E-state index >= 15 is 19.2 Å². The van der Waals surface area contributed by atoms with Gasteiger partial charge in [0, 0.05) is 55.4 Å². The lowest BCUT2D eigenvalue weighted by molar-refractivity contribution is -0.358. The molecule has 3 aromatic carbocycles. The van der Waals surface area contributed by atoms with Crippen LogP contribution in [0.4, 0.5) is 0 Å². The Morgan fingerprint density at radius 1 is 0.496 bits per heavy atom. The van der Waals surface area contributed by atoms with Gasteiger partial charge in [0.2, 0.25) is 23.1 Å². The number of allylic oxidation sites excluding steroid dienone is 2. The molecule has 5 aliphatic carbocycles. The topological polar surface area (TPSA) is 536 Å². The summed E-state index contributed by atoms with van der Waals surface area (Å²) in [5.74, 6) is -16.7. The molecule has 9 fully saturated rings. The molecule has 0 unspecified atom stereocenters. The zero-order chi connectivity index (χ0) is 86.0. The molecule has 0 radical (unpaired) electrons. The van der Waals surface area contributed by atoms with Crippen molar-refractivity contribution < 1.29 is 176 Å². The number of benzene rings is 3. The molecule has 658 valence electrons. The fraction of sp³-hybridized carbons (Fsp3) is 0.723. The lowest BCUT2D eigenvalue weighted by Gasteiger charge is -2.60. The molecule has 36 nitrogen and oxygen atoms in total. The number of hydrogen-bond acceptors (Lipinski definition) is 36. The SMILES string of the molecule is CCC[C@@]12O[C@H]3c4c(O)c5c(c(O)c4C(=O)[C@]1(O)[C@H]3[C@H](O[C@H]1C[C@H](O)[C@@H](O)[C@@H](C)O1)[C@@H](O)[C@H]2O[C@H]1CC[C@H](O[C@@H]2CC[C@H](O)[C@@H](C)O2)[C@@H](C)O1)C(=O)C(c1c(OC)c(OC)c2cc3c(c(O)c2c1O)C(=O)[C@]1(O)[C@@H](C3)[C@@H](O[C@H]2C[C@@H](O)[C@@H](O)[C@H](C)O2)[C@H](O)[C@@H](O[C@H]2CC[C@H](O[C@H]3CC[C@@](O)(C(C)=O)[C@H](C)O3)[C@@H](C)O2)[C@@]1(O)CCC)=C(OC)C5=O. The highest BCUT2D eigenvalue weighted by Crippen LogP contribution is 2.69. The van der Waals surface area contributed by atoms with Crippen molar-refractivity contribution in [2.75, 3.05) is 21.3 Å². The molecular formula is C83H110O36. The Balaban J connectivity index is 0.806. The quantitative estimate of drug-likeness (QED) is 0.0681. The number of hydrogen-bond donors (Lipinski definition) is 15. The Morgan fingerprint density at radius 3 is 1.55 bits per heavy atom. The van der Waals surface area contributed by atoms with Crippen LogP contribution in [0.2, 0.25) is 0 Å². The third-order valence-corrected chi connectivity index (χ3v) is 27.5. The van der Waals surface area contributed by atoms with Crippen LogP contribution < -0.4 is 9.47 Å². The molecule has 4 bridgehead atoms. The summed E-state index contributed by atoms with van der Waals surface area (Å²) in [5.41, 5.74) is -19.7. The first-order valence-corrected chi connectivity index (χ1v) is 41.2. The second-order valence-corrected chi connectivity index (χ2v) is 34.3. The molecule has 15 rings (SSSR count). The van der Waals surface area contributed by atoms with Crippen LogP contribution >= 0.6 is 0 Å². The fourth-order valence-corrected chi connectivity index (χ4v) is 21.2. The van der Waals surface area contributed by atoms with Crippen molar-refractivity contribution in [3.8, 4) is 34.5 Å². The Kier molecular flexibility index (Phi) is 23.8. The van der Waals surface area contributed by atoms with Crippen molar-refractivity contribution in [3.63, 3.8) is 0 Å². The van der Waals surface area contributed by atoms with E-state index in [1.807, 2.05) is 0 Å². The Bertz CT molecular complexity index is 4470. The van der Waals surface area contributed by atoms with Crippen LogP contribution in [0.25, 0.3) is 16.3 Å². The zero-order valence-electron chi connectivity index (χ0n) is 68.1. The number of aliphatic hydroxyl groups is 11. The van der Waals surface area contributed by atoms with Gasteiger partial charge in [-0.15, -0.1) is 0 Å². The molecule has 7 saturated heterocycles. The van der Waals surface area contributed by atoms with Gasteiger partial charge in [-0.05, 0) is 105 Å². The van der Waals surface area contributed by atoms with Crippen LogP contribution in [-0.2, 0) is 77.5 Å². The number of ketones is 5. The Hall–Kier alpha value is -6.35. The van der Waals surface area contributed by atoms with Crippen LogP contribution in [0.15, 0.2) is 11.8 Å². The summed E-state index contributed by atoms with van der Waals surface area (Å²) < 4.78 is 101. The predicted octanol–water partition coefficient (Wildman–Crippen LogP) is 2.44. The van der Waals surface area contributed by atoms with Gasteiger partial charge in [-0.2, -0.15) is 0 Å². The van der Waals surface area contributed by atoms with Gasteiger partial charge in [0.1, 0.15) is 76.4 Å². The van der Waals surface area contributed by atoms with Crippen LogP contribution in [0, 0.1) is 11.8 Å². The molecule has 0 amide bonds. The van der Waals surface area contributed by atoms with Crippen molar-refractivity contribution in [2.45, 2.75) is 346 Å². The number of aromatic hydroxyl groups is 4. The highest BCUT2D eigenvalue weighted by molar-refractivity contribution is 6.43. The second kappa shape index (κ2) is 32.3. The largest absolute Gasteiger partial charge is 0.507 e. The molecule has 7 heterocycles. The molecular weight excluding hydrogens is 1570 g/mol. The minimum absolute atomic E-state index is 0.00463. The fourth-order valence-electron chi connectivity index (χ4n) is 21.2. The standard InChI is InChI=1S/C83H110O36/c1-13-22-80(101)77(117-45-19-16-43(31(5)108-45)114-47-21-24-79(100,34(8)84)35(9)112-47)67(96)70(115-48-27-40(86)59(88)32(6)110-48)38-26-36-25-37-51(61(90)50(36)75(98)82(38,80)102)62(91)55(73(106-12)69(37)104-10)54-63(92)52-53(66(95)72(54)105-11)64(93)56-57(65(52)94)76(99)83(103)58-71(56)119-81(83,23-14-2)78(68(97)74(58)116-49-28-41(87)60(89)33(7)111-49)118-46-20-17-42(30(4)109-46)113-44-18-15-39(85)29(3)107-44/h25,29-33,35,38-49,58-60,67-68,70-71,74,77-78,85-91,93-94,96-97,100-103H,13-24,26-28H2,1-12H3/t29-,30-,31-,32+,33-,35+,38+,39+,40-,41+,42+,43+,44-,45+,46+,47+,48+,49+,58-,59+,60+,67+,68-,70-,71+,74+,77-,78-,79-,80+,81+,82-,83-/m1/s1. The van der Waals surface area contributed by atoms with Crippen LogP contribution in [-0.4, -0.2) is 309 Å². The third kappa shape index (κ3) is 13.5. The maximum Gasteiger partial charge on any atom is 0.232 e. The monoisotopic (exact) mass is 1680 g/mol. The molecule has 0 aromatic heterocycles. The number of phenols is 4. The van der Waals surface area contributed by atoms with Crippen molar-refractivity contribution in [3.05, 3.63) is 50.8 Å². The van der Waals surface area contributed by atoms with Crippen LogP contribution in [0.3, 0.4) is 0 Å². The van der Waals surface area contributed by atoms with Gasteiger partial charge in [-0.25, -0.2) is 0 Å². The molecule has 15 N–H and O–H groups in total. The van der Waals surface area contributed by atoms with Crippen molar-refractivity contribution >= 4 is 45.3 Å². The van der Waals surface area contributed by atoms with Gasteiger partial charge in [-0.1, -0.05) is 26.7 Å². The highest BCUT2D eigenvalue weighted by atomic mass is 16.8. The lowest BCUT2D eigenvalue weighted by atomic mass is 9.53. The predicted molar refractivity (Wildman–Crippen MR) is 402 cm³/mol. The van der Waals surface area contributed by atoms with Crippen LogP contribution in [0.1, 0.15) is 216 Å². The van der Waals surface area contributed by atoms with Gasteiger partial charge < -0.3 is 152 Å². The number of phenolic OH excluding ortho intramolecular Hbond substituents is 4. The van der Waals surface area contributed by atoms with Gasteiger partial charge >= 0.3 is 0 Å². The summed E-state index contributed by atoms with van der Waals surface area (Å²) in [5, 5.41) is 184. The van der Waals surface area contributed by atoms with E-state index in [2.05, 4.69) is 0 Å². The second-order valence-electron chi connectivity index (χ2n) is 34.3. The molecule has 3 aromatic rings. The van der Waals surface area contributed by atoms with Gasteiger partial charge in [-0.3, -0.25) is 24.0 Å². The number of rotatable bonds is 21. The normalized spacial score (nSPS) is 43.4. The number of methoxy groups -OCH3 is 3. The third-order valence-electron chi connectivity index (χ3n) is 27.5. The van der Waals surface area contributed by atoms with E-state index in [4.69, 9.17) is 75.8 Å². The first-order valence-electron chi connectivity index (χ1n) is 41.2. The molecule has 0 spiro atoms. The first kappa shape index (κ1) is 87.5. The lowest BCUT2D eigenvalue weighted by Crippen LogP contribution is -2.80. The van der Waals surface area contributed by atoms with Crippen molar-refractivity contribution in [1.82, 2.24) is 0 Å². The van der Waals surface area contributed by atoms with E-state index < -0.39 is 339 Å². The minimum Gasteiger partial charge on any atom is -0.507 e. The molecule has 12 aliphatic rings. The number of ether oxygens (including phenoxy) is 16. The molecule has 36 heteroatoms. The summed E-state index contributed by atoms with van der Waals surface area (Å²) in [6, 6.07) is 1.25. The highest BCUT2D eigenvalue weighted by Gasteiger charge is 2.82. The Labute approximate surface area is 683 Å². The average molecular weight is 1680 g/mol. The van der Waals surface area contributed by atoms with E-state index in [9.17, 15) is 81.4 Å². The van der Waals surface area contributed by atoms with E-state index in [0.717, 1.165) is 21.3 Å². The zero-order valence-corrected chi connectivity index (χ0v) is 68.1. The van der Waals surface area contributed by atoms with Gasteiger partial charge in [0.25, 0.3) is 0 Å². The van der Waals surface area contributed by atoms with Crippen LogP contribution in [0.5, 0.6) is 34.5 Å². The number of fused-ring (bicyclic) bond motifs is 6. The summed E-state index contributed by atoms with van der Waals surface area (Å²) in [7, 11) is 3.11.